The monoisotopic (exact) mass is 181 g/mol. The molecule has 0 saturated carbocycles. The van der Waals surface area contributed by atoms with E-state index in [2.05, 4.69) is 5.10 Å². The lowest BCUT2D eigenvalue weighted by atomic mass is 10.6. The van der Waals surface area contributed by atoms with Crippen molar-refractivity contribution in [1.29, 1.82) is 0 Å². The van der Waals surface area contributed by atoms with Gasteiger partial charge in [0, 0.05) is 10.7 Å². The van der Waals surface area contributed by atoms with Crippen LogP contribution in [0, 0.1) is 0 Å². The summed E-state index contributed by atoms with van der Waals surface area (Å²) in [6.07, 6.45) is -4.85. The molecular formula is C5H4F3N2O2+. The van der Waals surface area contributed by atoms with Gasteiger partial charge >= 0.3 is 12.4 Å². The number of nitrogens with zero attached hydrogens (tertiary/aromatic N) is 2. The Labute approximate surface area is 64.8 Å². The second-order valence-corrected chi connectivity index (χ2v) is 2.04. The van der Waals surface area contributed by atoms with Crippen molar-refractivity contribution >= 4 is 12.3 Å². The maximum atomic E-state index is 12.1. The van der Waals surface area contributed by atoms with Gasteiger partial charge in [0.2, 0.25) is 0 Å². The first-order valence-corrected chi connectivity index (χ1v) is 2.82. The van der Waals surface area contributed by atoms with E-state index < -0.39 is 17.0 Å². The minimum atomic E-state index is -4.95. The molecule has 0 radical (unpaired) electrons. The van der Waals surface area contributed by atoms with E-state index in [1.165, 1.54) is 0 Å². The zero-order chi connectivity index (χ0) is 9.41. The van der Waals surface area contributed by atoms with Gasteiger partial charge in [-0.05, 0) is 0 Å². The van der Waals surface area contributed by atoms with Crippen LogP contribution in [-0.4, -0.2) is 28.3 Å². The summed E-state index contributed by atoms with van der Waals surface area (Å²) >= 11 is 0. The first-order valence-electron chi connectivity index (χ1n) is 2.82. The van der Waals surface area contributed by atoms with Gasteiger partial charge in [0.1, 0.15) is 6.20 Å². The lowest BCUT2D eigenvalue weighted by Crippen LogP contribution is -2.52. The quantitative estimate of drug-likeness (QED) is 0.455. The fraction of sp³-hybridized carbons (Fsp3) is 0.200. The first kappa shape index (κ1) is 8.72. The summed E-state index contributed by atoms with van der Waals surface area (Å²) in [5.74, 6) is 0. The topological polar surface area (TPSA) is 49.7 Å². The van der Waals surface area contributed by atoms with Crippen LogP contribution < -0.4 is 0 Å². The summed E-state index contributed by atoms with van der Waals surface area (Å²) in [5, 5.41) is 11.1. The van der Waals surface area contributed by atoms with Gasteiger partial charge in [-0.2, -0.15) is 4.79 Å². The molecule has 0 bridgehead atoms. The molecule has 1 amide bonds. The van der Waals surface area contributed by atoms with Crippen LogP contribution in [0.1, 0.15) is 0 Å². The van der Waals surface area contributed by atoms with E-state index in [-0.39, 0.29) is 0 Å². The molecule has 1 atom stereocenters. The average Bonchev–Trinajstić information content (AvgIpc) is 2.31. The summed E-state index contributed by atoms with van der Waals surface area (Å²) < 4.78 is 33.9. The number of rotatable bonds is 0. The van der Waals surface area contributed by atoms with Gasteiger partial charge in [-0.3, -0.25) is 0 Å². The zero-order valence-corrected chi connectivity index (χ0v) is 5.62. The Bertz CT molecular complexity index is 256. The van der Waals surface area contributed by atoms with Gasteiger partial charge in [-0.25, -0.2) is 0 Å². The molecule has 0 aromatic heterocycles. The Hall–Kier alpha value is -1.37. The normalized spacial score (nSPS) is 27.9. The van der Waals surface area contributed by atoms with E-state index in [1.54, 1.807) is 0 Å². The number of halogens is 3. The van der Waals surface area contributed by atoms with E-state index in [1.807, 2.05) is 0 Å². The van der Waals surface area contributed by atoms with Crippen molar-refractivity contribution in [2.45, 2.75) is 6.30 Å². The second kappa shape index (κ2) is 2.31. The molecule has 1 heterocycles. The highest BCUT2D eigenvalue weighted by Gasteiger charge is 2.63. The molecule has 0 fully saturated rings. The number of carbonyl (C=O) groups is 1. The number of allylic oxidation sites excluding steroid dienone is 1. The number of carboxylic acid groups (broad SMARTS) is 1. The van der Waals surface area contributed by atoms with E-state index in [0.29, 0.717) is 6.20 Å². The SMILES string of the molecule is O=C(O)[N+]1(C(F)(F)F)C=CC=N1. The van der Waals surface area contributed by atoms with E-state index in [0.717, 1.165) is 12.3 Å². The van der Waals surface area contributed by atoms with Crippen molar-refractivity contribution in [1.82, 2.24) is 0 Å². The largest absolute Gasteiger partial charge is 0.602 e. The van der Waals surface area contributed by atoms with Crippen LogP contribution in [0.25, 0.3) is 0 Å². The molecule has 4 nitrogen and oxygen atoms in total. The maximum absolute atomic E-state index is 12.1. The van der Waals surface area contributed by atoms with E-state index in [4.69, 9.17) is 5.11 Å². The standard InChI is InChI=1S/C5H3F3N2O2/c6-5(7,8)10(4(11)12)3-1-2-9-10/h1-3H/p+1. The Morgan fingerprint density at radius 2 is 2.08 bits per heavy atom. The molecule has 0 saturated heterocycles. The van der Waals surface area contributed by atoms with E-state index >= 15 is 0 Å². The van der Waals surface area contributed by atoms with Gasteiger partial charge in [-0.15, -0.1) is 13.2 Å². The molecule has 1 aliphatic heterocycles. The predicted molar refractivity (Wildman–Crippen MR) is 32.0 cm³/mol. The third-order valence-corrected chi connectivity index (χ3v) is 1.31. The summed E-state index contributed by atoms with van der Waals surface area (Å²) in [6, 6.07) is 0. The Kier molecular flexibility index (Phi) is 1.68. The number of amides is 1. The molecule has 1 N–H and O–H groups in total. The second-order valence-electron chi connectivity index (χ2n) is 2.04. The zero-order valence-electron chi connectivity index (χ0n) is 5.62. The molecule has 0 aliphatic carbocycles. The van der Waals surface area contributed by atoms with Gasteiger partial charge in [0.05, 0.1) is 6.21 Å². The molecule has 0 aromatic carbocycles. The van der Waals surface area contributed by atoms with Crippen LogP contribution in [0.3, 0.4) is 0 Å². The van der Waals surface area contributed by atoms with Crippen molar-refractivity contribution in [2.75, 3.05) is 0 Å². The lowest BCUT2D eigenvalue weighted by Gasteiger charge is -2.19. The van der Waals surface area contributed by atoms with Gasteiger partial charge in [-0.1, -0.05) is 5.10 Å². The molecule has 12 heavy (non-hydrogen) atoms. The van der Waals surface area contributed by atoms with Crippen LogP contribution in [0.2, 0.25) is 0 Å². The summed E-state index contributed by atoms with van der Waals surface area (Å²) in [7, 11) is 0. The van der Waals surface area contributed by atoms with Crippen LogP contribution in [0.15, 0.2) is 17.4 Å². The van der Waals surface area contributed by atoms with Crippen LogP contribution in [0.4, 0.5) is 18.0 Å². The number of hydrogen-bond donors (Lipinski definition) is 1. The summed E-state index contributed by atoms with van der Waals surface area (Å²) in [5.41, 5.74) is 0. The van der Waals surface area contributed by atoms with Crippen LogP contribution in [0.5, 0.6) is 0 Å². The van der Waals surface area contributed by atoms with Crippen molar-refractivity contribution < 1.29 is 27.7 Å². The highest BCUT2D eigenvalue weighted by Crippen LogP contribution is 2.33. The van der Waals surface area contributed by atoms with Gasteiger partial charge in [0.25, 0.3) is 0 Å². The molecule has 0 aromatic rings. The fourth-order valence-electron chi connectivity index (χ4n) is 0.717. The maximum Gasteiger partial charge on any atom is 0.602 e. The minimum Gasteiger partial charge on any atom is -0.433 e. The molecule has 66 valence electrons. The van der Waals surface area contributed by atoms with Gasteiger partial charge < -0.3 is 5.11 Å². The highest BCUT2D eigenvalue weighted by molar-refractivity contribution is 5.74. The van der Waals surface area contributed by atoms with Crippen molar-refractivity contribution in [2.24, 2.45) is 5.10 Å². The molecule has 1 unspecified atom stereocenters. The van der Waals surface area contributed by atoms with Crippen LogP contribution >= 0.6 is 0 Å². The van der Waals surface area contributed by atoms with E-state index in [9.17, 15) is 18.0 Å². The third kappa shape index (κ3) is 0.981. The Morgan fingerprint density at radius 1 is 1.50 bits per heavy atom. The van der Waals surface area contributed by atoms with Crippen LogP contribution in [-0.2, 0) is 0 Å². The number of quaternary nitrogens is 1. The third-order valence-electron chi connectivity index (χ3n) is 1.31. The Balaban J connectivity index is 3.14. The smallest absolute Gasteiger partial charge is 0.433 e. The lowest BCUT2D eigenvalue weighted by molar-refractivity contribution is -0.929. The average molecular weight is 181 g/mol. The molecule has 1 rings (SSSR count). The minimum absolute atomic E-state index is 0.447. The van der Waals surface area contributed by atoms with Crippen molar-refractivity contribution in [3.8, 4) is 0 Å². The fourth-order valence-corrected chi connectivity index (χ4v) is 0.717. The summed E-state index contributed by atoms with van der Waals surface area (Å²) in [6.45, 7) is 0. The first-order chi connectivity index (χ1) is 5.40. The number of alkyl halides is 3. The number of hydrogen-bond acceptors (Lipinski definition) is 2. The summed E-state index contributed by atoms with van der Waals surface area (Å²) in [4.78, 5) is 10.3. The molecule has 0 spiro atoms. The predicted octanol–water partition coefficient (Wildman–Crippen LogP) is 1.51. The molecule has 1 aliphatic rings. The van der Waals surface area contributed by atoms with Gasteiger partial charge in [0.15, 0.2) is 0 Å². The molecule has 7 heteroatoms. The van der Waals surface area contributed by atoms with Crippen molar-refractivity contribution in [3.05, 3.63) is 12.3 Å². The highest BCUT2D eigenvalue weighted by atomic mass is 19.4. The van der Waals surface area contributed by atoms with Crippen molar-refractivity contribution in [3.63, 3.8) is 0 Å². The molecular weight excluding hydrogens is 177 g/mol. The Morgan fingerprint density at radius 3 is 2.25 bits per heavy atom.